The molecule has 6 atom stereocenters. The number of phenolic OH excluding ortho intramolecular Hbond substituents is 1. The van der Waals surface area contributed by atoms with Crippen LogP contribution < -0.4 is 19.4 Å². The van der Waals surface area contributed by atoms with E-state index in [0.717, 1.165) is 27.6 Å². The van der Waals surface area contributed by atoms with E-state index in [1.54, 1.807) is 42.5 Å². The highest BCUT2D eigenvalue weighted by Crippen LogP contribution is 2.66. The van der Waals surface area contributed by atoms with Crippen molar-refractivity contribution in [2.45, 2.75) is 28.5 Å². The van der Waals surface area contributed by atoms with Gasteiger partial charge in [0, 0.05) is 37.3 Å². The van der Waals surface area contributed by atoms with Crippen LogP contribution in [-0.2, 0) is 19.2 Å². The van der Waals surface area contributed by atoms with Crippen LogP contribution in [0.3, 0.4) is 0 Å². The van der Waals surface area contributed by atoms with Gasteiger partial charge in [0.2, 0.25) is 11.8 Å². The Kier molecular flexibility index (Phi) is 8.81. The summed E-state index contributed by atoms with van der Waals surface area (Å²) in [5.74, 6) is -6.94. The Balaban J connectivity index is 1.15. The predicted octanol–water partition coefficient (Wildman–Crippen LogP) is 7.79. The molecule has 11 nitrogen and oxygen atoms in total. The van der Waals surface area contributed by atoms with Crippen LogP contribution in [0.1, 0.15) is 24.3 Å². The zero-order valence-electron chi connectivity index (χ0n) is 29.8. The first-order valence-corrected chi connectivity index (χ1v) is 18.3. The first-order chi connectivity index (χ1) is 26.3. The second kappa shape index (κ2) is 13.3. The van der Waals surface area contributed by atoms with Crippen LogP contribution >= 0.6 is 23.2 Å². The Bertz CT molecular complexity index is 2320. The molecule has 4 aromatic carbocycles. The SMILES string of the molecule is COc1ccc(C2C3=CCC4C(=O)N(c5ccc(N=Nc6ccc(N(C)C)cc6)cc5)C(=O)C4C3CC3(Cl)C(=O)N(c4ccc(F)cc4)C(=O)C23Cl)c(O)c1. The van der Waals surface area contributed by atoms with E-state index < -0.39 is 62.9 Å². The van der Waals surface area contributed by atoms with E-state index in [1.807, 2.05) is 43.3 Å². The van der Waals surface area contributed by atoms with E-state index in [1.165, 1.54) is 25.3 Å². The van der Waals surface area contributed by atoms with E-state index in [-0.39, 0.29) is 29.8 Å². The molecule has 0 aromatic heterocycles. The number of carbonyl (C=O) groups excluding carboxylic acids is 4. The molecule has 3 fully saturated rings. The number of ether oxygens (including phenoxy) is 1. The topological polar surface area (TPSA) is 132 Å². The number of phenols is 1. The highest BCUT2D eigenvalue weighted by molar-refractivity contribution is 6.58. The molecule has 280 valence electrons. The summed E-state index contributed by atoms with van der Waals surface area (Å²) in [6.45, 7) is 0. The zero-order valence-corrected chi connectivity index (χ0v) is 31.3. The fourth-order valence-corrected chi connectivity index (χ4v) is 9.42. The smallest absolute Gasteiger partial charge is 0.258 e. The average molecular weight is 783 g/mol. The molecule has 2 saturated heterocycles. The van der Waals surface area contributed by atoms with Gasteiger partial charge in [0.15, 0.2) is 9.75 Å². The third-order valence-electron chi connectivity index (χ3n) is 11.2. The number of imide groups is 2. The first kappa shape index (κ1) is 36.4. The molecule has 0 bridgehead atoms. The Morgan fingerprint density at radius 1 is 0.800 bits per heavy atom. The molecule has 2 aliphatic heterocycles. The normalized spacial score (nSPS) is 27.3. The third-order valence-corrected chi connectivity index (χ3v) is 12.6. The summed E-state index contributed by atoms with van der Waals surface area (Å²) in [5, 5.41) is 20.0. The molecule has 0 spiro atoms. The molecule has 2 heterocycles. The summed E-state index contributed by atoms with van der Waals surface area (Å²) < 4.78 is 19.2. The largest absolute Gasteiger partial charge is 0.508 e. The Morgan fingerprint density at radius 2 is 1.40 bits per heavy atom. The quantitative estimate of drug-likeness (QED) is 0.0877. The molecule has 1 saturated carbocycles. The van der Waals surface area contributed by atoms with Crippen molar-refractivity contribution in [3.8, 4) is 11.5 Å². The van der Waals surface area contributed by atoms with Crippen molar-refractivity contribution in [2.24, 2.45) is 28.0 Å². The van der Waals surface area contributed by atoms with Crippen molar-refractivity contribution < 1.29 is 33.4 Å². The standard InChI is InChI=1S/C41H34Cl2FN5O6/c1-47(2)25-12-6-23(7-13-25)45-46-24-8-14-26(15-9-24)48-36(51)31-19-18-29-32(34(31)37(48)52)21-40(42)38(53)49(27-10-4-22(44)5-11-27)39(54)41(40,43)35(29)30-17-16-28(55-3)20-33(30)50/h4-18,20,31-32,34-35,50H,19,21H2,1-3H3. The number of anilines is 3. The minimum Gasteiger partial charge on any atom is -0.508 e. The summed E-state index contributed by atoms with van der Waals surface area (Å²) in [4.78, 5) is 57.2. The number of amides is 4. The number of halogens is 3. The molecule has 8 rings (SSSR count). The molecule has 2 aliphatic carbocycles. The lowest BCUT2D eigenvalue weighted by Gasteiger charge is -2.50. The van der Waals surface area contributed by atoms with Gasteiger partial charge in [-0.05, 0) is 97.6 Å². The van der Waals surface area contributed by atoms with Crippen molar-refractivity contribution in [3.05, 3.63) is 114 Å². The molecule has 4 aromatic rings. The fraction of sp³-hybridized carbons (Fsp3) is 0.268. The van der Waals surface area contributed by atoms with E-state index in [0.29, 0.717) is 28.4 Å². The van der Waals surface area contributed by atoms with Gasteiger partial charge in [-0.25, -0.2) is 9.29 Å². The van der Waals surface area contributed by atoms with Gasteiger partial charge in [-0.1, -0.05) is 17.7 Å². The maximum absolute atomic E-state index is 14.5. The third kappa shape index (κ3) is 5.52. The average Bonchev–Trinajstić information content (AvgIpc) is 3.52. The van der Waals surface area contributed by atoms with Crippen molar-refractivity contribution in [2.75, 3.05) is 35.9 Å². The van der Waals surface area contributed by atoms with Crippen LogP contribution in [0.2, 0.25) is 0 Å². The van der Waals surface area contributed by atoms with Gasteiger partial charge < -0.3 is 14.7 Å². The van der Waals surface area contributed by atoms with Crippen molar-refractivity contribution in [1.29, 1.82) is 0 Å². The van der Waals surface area contributed by atoms with Gasteiger partial charge in [-0.3, -0.25) is 24.1 Å². The van der Waals surface area contributed by atoms with Gasteiger partial charge in [0.25, 0.3) is 11.8 Å². The van der Waals surface area contributed by atoms with Crippen LogP contribution in [0.4, 0.5) is 32.8 Å². The summed E-state index contributed by atoms with van der Waals surface area (Å²) in [6, 6.07) is 23.3. The second-order valence-electron chi connectivity index (χ2n) is 14.3. The number of alkyl halides is 2. The number of aromatic hydroxyl groups is 1. The highest BCUT2D eigenvalue weighted by Gasteiger charge is 2.77. The molecule has 1 N–H and O–H groups in total. The lowest BCUT2D eigenvalue weighted by Crippen LogP contribution is -2.60. The Morgan fingerprint density at radius 3 is 2.00 bits per heavy atom. The Labute approximate surface area is 325 Å². The molecule has 4 aliphatic rings. The number of azo groups is 1. The van der Waals surface area contributed by atoms with E-state index >= 15 is 0 Å². The molecule has 6 unspecified atom stereocenters. The van der Waals surface area contributed by atoms with Crippen molar-refractivity contribution in [1.82, 2.24) is 0 Å². The predicted molar refractivity (Wildman–Crippen MR) is 205 cm³/mol. The van der Waals surface area contributed by atoms with E-state index in [2.05, 4.69) is 10.2 Å². The molecule has 14 heteroatoms. The van der Waals surface area contributed by atoms with Crippen molar-refractivity contribution >= 4 is 75.3 Å². The van der Waals surface area contributed by atoms with Crippen LogP contribution in [-0.4, -0.2) is 59.7 Å². The lowest BCUT2D eigenvalue weighted by atomic mass is 9.56. The Hall–Kier alpha value is -5.59. The monoisotopic (exact) mass is 781 g/mol. The molecule has 0 radical (unpaired) electrons. The van der Waals surface area contributed by atoms with Crippen molar-refractivity contribution in [3.63, 3.8) is 0 Å². The number of methoxy groups -OCH3 is 1. The number of fused-ring (bicyclic) bond motifs is 4. The summed E-state index contributed by atoms with van der Waals surface area (Å²) in [5.41, 5.74) is 3.27. The second-order valence-corrected chi connectivity index (χ2v) is 15.6. The number of benzene rings is 4. The van der Waals surface area contributed by atoms with Gasteiger partial charge >= 0.3 is 0 Å². The van der Waals surface area contributed by atoms with Crippen LogP contribution in [0.25, 0.3) is 0 Å². The van der Waals surface area contributed by atoms with Gasteiger partial charge in [-0.15, -0.1) is 23.2 Å². The van der Waals surface area contributed by atoms with Crippen LogP contribution in [0.5, 0.6) is 11.5 Å². The van der Waals surface area contributed by atoms with Crippen LogP contribution in [0.15, 0.2) is 113 Å². The first-order valence-electron chi connectivity index (χ1n) is 17.5. The molecular formula is C41H34Cl2FN5O6. The number of hydrogen-bond acceptors (Lipinski definition) is 9. The lowest BCUT2D eigenvalue weighted by molar-refractivity contribution is -0.125. The maximum Gasteiger partial charge on any atom is 0.258 e. The maximum atomic E-state index is 14.5. The molecule has 55 heavy (non-hydrogen) atoms. The number of rotatable bonds is 7. The summed E-state index contributed by atoms with van der Waals surface area (Å²) in [6.07, 6.45) is 1.65. The van der Waals surface area contributed by atoms with Crippen LogP contribution in [0, 0.1) is 23.6 Å². The van der Waals surface area contributed by atoms with Gasteiger partial charge in [-0.2, -0.15) is 10.2 Å². The van der Waals surface area contributed by atoms with E-state index in [4.69, 9.17) is 27.9 Å². The molecular weight excluding hydrogens is 748 g/mol. The highest BCUT2D eigenvalue weighted by atomic mass is 35.5. The number of allylic oxidation sites excluding steroid dienone is 2. The number of hydrogen-bond donors (Lipinski definition) is 1. The number of carbonyl (C=O) groups is 4. The summed E-state index contributed by atoms with van der Waals surface area (Å²) in [7, 11) is 5.32. The fourth-order valence-electron chi connectivity index (χ4n) is 8.49. The van der Waals surface area contributed by atoms with Gasteiger partial charge in [0.05, 0.1) is 41.7 Å². The molecule has 4 amide bonds. The minimum absolute atomic E-state index is 0.0573. The van der Waals surface area contributed by atoms with Gasteiger partial charge in [0.1, 0.15) is 17.3 Å². The minimum atomic E-state index is -2.19. The number of nitrogens with zero attached hydrogens (tertiary/aromatic N) is 5. The summed E-state index contributed by atoms with van der Waals surface area (Å²) >= 11 is 14.8. The zero-order chi connectivity index (χ0) is 39.0. The van der Waals surface area contributed by atoms with E-state index in [9.17, 15) is 28.7 Å².